The average molecular weight is 282 g/mol. The first-order chi connectivity index (χ1) is 9.30. The fourth-order valence-corrected chi connectivity index (χ4v) is 1.46. The zero-order valence-corrected chi connectivity index (χ0v) is 11.5. The summed E-state index contributed by atoms with van der Waals surface area (Å²) < 4.78 is 28.9. The molecule has 0 saturated heterocycles. The van der Waals surface area contributed by atoms with Gasteiger partial charge in [0, 0.05) is 0 Å². The van der Waals surface area contributed by atoms with Crippen molar-refractivity contribution in [2.45, 2.75) is 32.9 Å². The lowest BCUT2D eigenvalue weighted by molar-refractivity contribution is -0.0501. The van der Waals surface area contributed by atoms with Crippen molar-refractivity contribution in [1.29, 1.82) is 5.26 Å². The monoisotopic (exact) mass is 282 g/mol. The van der Waals surface area contributed by atoms with E-state index in [-0.39, 0.29) is 17.2 Å². The van der Waals surface area contributed by atoms with Gasteiger partial charge in [0.05, 0.1) is 11.6 Å². The zero-order valence-electron chi connectivity index (χ0n) is 11.5. The molecule has 0 aliphatic heterocycles. The lowest BCUT2D eigenvalue weighted by atomic mass is 9.89. The summed E-state index contributed by atoms with van der Waals surface area (Å²) in [6.45, 7) is 2.12. The van der Waals surface area contributed by atoms with E-state index in [1.807, 2.05) is 6.07 Å². The lowest BCUT2D eigenvalue weighted by Gasteiger charge is -2.27. The van der Waals surface area contributed by atoms with Crippen molar-refractivity contribution < 1.29 is 18.3 Å². The minimum absolute atomic E-state index is 0.0325. The molecule has 0 spiro atoms. The van der Waals surface area contributed by atoms with Gasteiger partial charge in [-0.15, -0.1) is 0 Å². The first kappa shape index (κ1) is 15.9. The van der Waals surface area contributed by atoms with E-state index < -0.39 is 18.1 Å². The van der Waals surface area contributed by atoms with E-state index in [2.05, 4.69) is 10.1 Å². The highest BCUT2D eigenvalue weighted by Gasteiger charge is 2.31. The molecule has 20 heavy (non-hydrogen) atoms. The number of halogens is 2. The predicted molar refractivity (Wildman–Crippen MR) is 69.4 cm³/mol. The number of hydrogen-bond acceptors (Lipinski definition) is 3. The Balaban J connectivity index is 3.02. The van der Waals surface area contributed by atoms with E-state index in [0.717, 1.165) is 0 Å². The summed E-state index contributed by atoms with van der Waals surface area (Å²) in [6.07, 6.45) is 0. The molecule has 1 aromatic rings. The minimum atomic E-state index is -3.02. The molecule has 0 unspecified atom stereocenters. The standard InChI is InChI=1S/C14H16F2N2O2/c1-9(2)14(3,8-17)18-12(19)10-6-4-5-7-11(10)20-13(15)16/h4-7,9,13H,1-3H3,(H,18,19)/t14-/m1/s1. The van der Waals surface area contributed by atoms with E-state index in [1.54, 1.807) is 20.8 Å². The van der Waals surface area contributed by atoms with Gasteiger partial charge in [-0.25, -0.2) is 0 Å². The summed E-state index contributed by atoms with van der Waals surface area (Å²) in [7, 11) is 0. The average Bonchev–Trinajstić information content (AvgIpc) is 2.38. The Hall–Kier alpha value is -2.16. The summed E-state index contributed by atoms with van der Waals surface area (Å²) in [5, 5.41) is 11.7. The SMILES string of the molecule is CC(C)[C@@](C)(C#N)NC(=O)c1ccccc1OC(F)F. The first-order valence-electron chi connectivity index (χ1n) is 6.07. The van der Waals surface area contributed by atoms with Crippen LogP contribution in [-0.2, 0) is 0 Å². The number of nitriles is 1. The van der Waals surface area contributed by atoms with Crippen molar-refractivity contribution in [3.8, 4) is 11.8 Å². The number of para-hydroxylation sites is 1. The van der Waals surface area contributed by atoms with Crippen LogP contribution in [0.15, 0.2) is 24.3 Å². The number of alkyl halides is 2. The molecular formula is C14H16F2N2O2. The van der Waals surface area contributed by atoms with Crippen molar-refractivity contribution in [2.24, 2.45) is 5.92 Å². The van der Waals surface area contributed by atoms with E-state index in [9.17, 15) is 13.6 Å². The molecule has 108 valence electrons. The fourth-order valence-electron chi connectivity index (χ4n) is 1.46. The van der Waals surface area contributed by atoms with E-state index in [4.69, 9.17) is 5.26 Å². The molecule has 1 amide bonds. The van der Waals surface area contributed by atoms with Gasteiger partial charge in [0.25, 0.3) is 5.91 Å². The number of nitrogens with zero attached hydrogens (tertiary/aromatic N) is 1. The molecule has 1 N–H and O–H groups in total. The maximum Gasteiger partial charge on any atom is 0.387 e. The maximum atomic E-state index is 12.3. The predicted octanol–water partition coefficient (Wildman–Crippen LogP) is 2.96. The lowest BCUT2D eigenvalue weighted by Crippen LogP contribution is -2.48. The number of carbonyl (C=O) groups is 1. The minimum Gasteiger partial charge on any atom is -0.434 e. The fraction of sp³-hybridized carbons (Fsp3) is 0.429. The smallest absolute Gasteiger partial charge is 0.387 e. The van der Waals surface area contributed by atoms with Gasteiger partial charge < -0.3 is 10.1 Å². The van der Waals surface area contributed by atoms with Gasteiger partial charge in [-0.05, 0) is 25.0 Å². The molecule has 1 atom stereocenters. The second-order valence-electron chi connectivity index (χ2n) is 4.80. The zero-order chi connectivity index (χ0) is 15.3. The van der Waals surface area contributed by atoms with Crippen LogP contribution in [0, 0.1) is 17.2 Å². The Labute approximate surface area is 116 Å². The summed E-state index contributed by atoms with van der Waals surface area (Å²) in [5.74, 6) is -0.984. The molecule has 1 aromatic carbocycles. The molecule has 0 radical (unpaired) electrons. The number of ether oxygens (including phenoxy) is 1. The van der Waals surface area contributed by atoms with Crippen molar-refractivity contribution in [1.82, 2.24) is 5.32 Å². The molecule has 4 nitrogen and oxygen atoms in total. The van der Waals surface area contributed by atoms with Gasteiger partial charge >= 0.3 is 6.61 Å². The highest BCUT2D eigenvalue weighted by molar-refractivity contribution is 5.97. The normalized spacial score (nSPS) is 13.7. The molecule has 0 saturated carbocycles. The van der Waals surface area contributed by atoms with Gasteiger partial charge in [-0.3, -0.25) is 4.79 Å². The largest absolute Gasteiger partial charge is 0.434 e. The first-order valence-corrected chi connectivity index (χ1v) is 6.07. The molecule has 0 aliphatic carbocycles. The third-order valence-corrected chi connectivity index (χ3v) is 3.11. The third-order valence-electron chi connectivity index (χ3n) is 3.11. The Morgan fingerprint density at radius 2 is 2.00 bits per heavy atom. The number of hydrogen-bond donors (Lipinski definition) is 1. The highest BCUT2D eigenvalue weighted by Crippen LogP contribution is 2.22. The van der Waals surface area contributed by atoms with Crippen molar-refractivity contribution >= 4 is 5.91 Å². The van der Waals surface area contributed by atoms with Crippen molar-refractivity contribution in [3.05, 3.63) is 29.8 Å². The van der Waals surface area contributed by atoms with Crippen LogP contribution in [0.25, 0.3) is 0 Å². The van der Waals surface area contributed by atoms with Gasteiger partial charge in [-0.2, -0.15) is 14.0 Å². The van der Waals surface area contributed by atoms with Crippen LogP contribution in [0.5, 0.6) is 5.75 Å². The van der Waals surface area contributed by atoms with Gasteiger partial charge in [0.15, 0.2) is 0 Å². The van der Waals surface area contributed by atoms with Crippen molar-refractivity contribution in [3.63, 3.8) is 0 Å². The van der Waals surface area contributed by atoms with Gasteiger partial charge in [0.1, 0.15) is 11.3 Å². The number of rotatable bonds is 5. The number of carbonyl (C=O) groups excluding carboxylic acids is 1. The Kier molecular flexibility index (Phi) is 5.03. The Bertz CT molecular complexity index is 526. The quantitative estimate of drug-likeness (QED) is 0.903. The van der Waals surface area contributed by atoms with Crippen LogP contribution in [0.4, 0.5) is 8.78 Å². The number of benzene rings is 1. The van der Waals surface area contributed by atoms with Crippen LogP contribution >= 0.6 is 0 Å². The molecule has 6 heteroatoms. The number of nitrogens with one attached hydrogen (secondary N) is 1. The van der Waals surface area contributed by atoms with Crippen LogP contribution in [0.3, 0.4) is 0 Å². The molecule has 0 heterocycles. The second-order valence-corrected chi connectivity index (χ2v) is 4.80. The van der Waals surface area contributed by atoms with Crippen LogP contribution < -0.4 is 10.1 Å². The van der Waals surface area contributed by atoms with Crippen LogP contribution in [-0.4, -0.2) is 18.1 Å². The molecule has 0 aliphatic rings. The summed E-state index contributed by atoms with van der Waals surface area (Å²) in [6, 6.07) is 7.68. The van der Waals surface area contributed by atoms with E-state index >= 15 is 0 Å². The summed E-state index contributed by atoms with van der Waals surface area (Å²) in [5.41, 5.74) is -1.12. The maximum absolute atomic E-state index is 12.3. The van der Waals surface area contributed by atoms with Gasteiger partial charge in [0.2, 0.25) is 0 Å². The Morgan fingerprint density at radius 3 is 2.50 bits per heavy atom. The summed E-state index contributed by atoms with van der Waals surface area (Å²) in [4.78, 5) is 12.1. The van der Waals surface area contributed by atoms with E-state index in [0.29, 0.717) is 0 Å². The topological polar surface area (TPSA) is 62.1 Å². The molecule has 0 fully saturated rings. The number of amides is 1. The van der Waals surface area contributed by atoms with E-state index in [1.165, 1.54) is 24.3 Å². The highest BCUT2D eigenvalue weighted by atomic mass is 19.3. The van der Waals surface area contributed by atoms with Gasteiger partial charge in [-0.1, -0.05) is 26.0 Å². The molecule has 0 aromatic heterocycles. The molecule has 1 rings (SSSR count). The summed E-state index contributed by atoms with van der Waals surface area (Å²) >= 11 is 0. The molecular weight excluding hydrogens is 266 g/mol. The van der Waals surface area contributed by atoms with Crippen LogP contribution in [0.2, 0.25) is 0 Å². The molecule has 0 bridgehead atoms. The Morgan fingerprint density at radius 1 is 1.40 bits per heavy atom. The van der Waals surface area contributed by atoms with Crippen molar-refractivity contribution in [2.75, 3.05) is 0 Å². The second kappa shape index (κ2) is 6.33. The van der Waals surface area contributed by atoms with Crippen LogP contribution in [0.1, 0.15) is 31.1 Å². The third kappa shape index (κ3) is 3.67.